The average molecular weight is 378 g/mol. The molecule has 1 heterocycles. The molecule has 0 saturated heterocycles. The predicted molar refractivity (Wildman–Crippen MR) is 90.1 cm³/mol. The molecule has 26 heavy (non-hydrogen) atoms. The van der Waals surface area contributed by atoms with Crippen LogP contribution in [0.4, 0.5) is 4.39 Å². The molecule has 0 aliphatic heterocycles. The Morgan fingerprint density at radius 2 is 1.96 bits per heavy atom. The molecule has 0 saturated carbocycles. The highest BCUT2D eigenvalue weighted by atomic mass is 35.5. The third kappa shape index (κ3) is 3.81. The fraction of sp³-hybridized carbons (Fsp3) is 0.118. The summed E-state index contributed by atoms with van der Waals surface area (Å²) in [7, 11) is 0. The maximum atomic E-state index is 13.4. The number of aromatic nitrogens is 2. The van der Waals surface area contributed by atoms with Crippen molar-refractivity contribution < 1.29 is 23.8 Å². The van der Waals surface area contributed by atoms with Gasteiger partial charge in [-0.15, -0.1) is 10.2 Å². The lowest BCUT2D eigenvalue weighted by Gasteiger charge is -2.12. The number of carbonyl (C=O) groups is 1. The first-order valence-electron chi connectivity index (χ1n) is 7.47. The summed E-state index contributed by atoms with van der Waals surface area (Å²) in [5, 5.41) is 29.3. The van der Waals surface area contributed by atoms with Crippen molar-refractivity contribution in [3.63, 3.8) is 0 Å². The monoisotopic (exact) mass is 377 g/mol. The Hall–Kier alpha value is -2.97. The van der Waals surface area contributed by atoms with Gasteiger partial charge in [0.25, 0.3) is 5.91 Å². The first kappa shape index (κ1) is 17.8. The van der Waals surface area contributed by atoms with Crippen molar-refractivity contribution in [1.82, 2.24) is 15.5 Å². The van der Waals surface area contributed by atoms with E-state index in [0.717, 1.165) is 12.1 Å². The standard InChI is InChI=1S/C17H13ClFN3O4/c18-11-4-1-9(2-5-11)15(25)20-13(8-23)17-22-21-16(26-17)10-3-6-14(24)12(19)7-10/h1-7,13,23-24H,8H2,(H,20,25)/t13-/m0/s1. The van der Waals surface area contributed by atoms with Gasteiger partial charge in [0.1, 0.15) is 6.04 Å². The Kier molecular flexibility index (Phi) is 5.15. The molecule has 0 spiro atoms. The second-order valence-corrected chi connectivity index (χ2v) is 5.76. The van der Waals surface area contributed by atoms with Crippen LogP contribution < -0.4 is 5.32 Å². The highest BCUT2D eigenvalue weighted by Crippen LogP contribution is 2.25. The van der Waals surface area contributed by atoms with Crippen LogP contribution in [0.5, 0.6) is 5.75 Å². The molecule has 3 rings (SSSR count). The van der Waals surface area contributed by atoms with Crippen LogP contribution in [0.1, 0.15) is 22.3 Å². The first-order chi connectivity index (χ1) is 12.5. The fourth-order valence-electron chi connectivity index (χ4n) is 2.16. The van der Waals surface area contributed by atoms with E-state index >= 15 is 0 Å². The van der Waals surface area contributed by atoms with Crippen LogP contribution in [-0.2, 0) is 0 Å². The molecule has 0 radical (unpaired) electrons. The molecule has 3 N–H and O–H groups in total. The van der Waals surface area contributed by atoms with Crippen LogP contribution in [0.15, 0.2) is 46.9 Å². The molecule has 0 fully saturated rings. The van der Waals surface area contributed by atoms with Crippen LogP contribution in [-0.4, -0.2) is 32.9 Å². The second-order valence-electron chi connectivity index (χ2n) is 5.33. The number of aromatic hydroxyl groups is 1. The summed E-state index contributed by atoms with van der Waals surface area (Å²) in [5.74, 6) is -1.86. The number of phenols is 1. The molecule has 3 aromatic rings. The molecule has 0 bridgehead atoms. The van der Waals surface area contributed by atoms with Crippen LogP contribution >= 0.6 is 11.6 Å². The summed E-state index contributed by atoms with van der Waals surface area (Å²) in [5.41, 5.74) is 0.591. The summed E-state index contributed by atoms with van der Waals surface area (Å²) < 4.78 is 18.8. The van der Waals surface area contributed by atoms with Gasteiger partial charge in [-0.3, -0.25) is 4.79 Å². The van der Waals surface area contributed by atoms with Crippen LogP contribution in [0.25, 0.3) is 11.5 Å². The van der Waals surface area contributed by atoms with Crippen LogP contribution in [0.3, 0.4) is 0 Å². The average Bonchev–Trinajstić information content (AvgIpc) is 3.12. The number of benzene rings is 2. The number of aliphatic hydroxyl groups is 1. The quantitative estimate of drug-likeness (QED) is 0.631. The zero-order valence-electron chi connectivity index (χ0n) is 13.2. The molecule has 1 aromatic heterocycles. The molecule has 0 aliphatic rings. The number of hydrogen-bond donors (Lipinski definition) is 3. The van der Waals surface area contributed by atoms with E-state index in [9.17, 15) is 19.4 Å². The maximum absolute atomic E-state index is 13.4. The van der Waals surface area contributed by atoms with Gasteiger partial charge in [0, 0.05) is 16.1 Å². The van der Waals surface area contributed by atoms with E-state index in [4.69, 9.17) is 16.0 Å². The third-order valence-corrected chi connectivity index (χ3v) is 3.78. The molecule has 1 amide bonds. The van der Waals surface area contributed by atoms with E-state index in [1.54, 1.807) is 12.1 Å². The van der Waals surface area contributed by atoms with Gasteiger partial charge in [-0.05, 0) is 42.5 Å². The number of rotatable bonds is 5. The third-order valence-electron chi connectivity index (χ3n) is 3.53. The van der Waals surface area contributed by atoms with E-state index in [1.165, 1.54) is 18.2 Å². The van der Waals surface area contributed by atoms with Gasteiger partial charge < -0.3 is 19.9 Å². The Morgan fingerprint density at radius 3 is 2.62 bits per heavy atom. The molecule has 134 valence electrons. The van der Waals surface area contributed by atoms with Crippen molar-refractivity contribution in [2.45, 2.75) is 6.04 Å². The number of halogens is 2. The van der Waals surface area contributed by atoms with Crippen molar-refractivity contribution in [3.05, 3.63) is 64.8 Å². The molecule has 9 heteroatoms. The van der Waals surface area contributed by atoms with Gasteiger partial charge in [0.05, 0.1) is 6.61 Å². The number of aliphatic hydroxyl groups excluding tert-OH is 1. The van der Waals surface area contributed by atoms with E-state index in [0.29, 0.717) is 10.6 Å². The summed E-state index contributed by atoms with van der Waals surface area (Å²) in [4.78, 5) is 12.2. The maximum Gasteiger partial charge on any atom is 0.251 e. The summed E-state index contributed by atoms with van der Waals surface area (Å²) in [6.07, 6.45) is 0. The molecular formula is C17H13ClFN3O4. The number of carbonyl (C=O) groups excluding carboxylic acids is 1. The molecule has 0 aliphatic carbocycles. The topological polar surface area (TPSA) is 108 Å². The van der Waals surface area contributed by atoms with Gasteiger partial charge in [-0.2, -0.15) is 0 Å². The van der Waals surface area contributed by atoms with Gasteiger partial charge >= 0.3 is 0 Å². The minimum atomic E-state index is -0.943. The molecule has 7 nitrogen and oxygen atoms in total. The Labute approximate surface area is 152 Å². The fourth-order valence-corrected chi connectivity index (χ4v) is 2.29. The zero-order valence-corrected chi connectivity index (χ0v) is 13.9. The van der Waals surface area contributed by atoms with E-state index in [1.807, 2.05) is 0 Å². The number of amides is 1. The van der Waals surface area contributed by atoms with Gasteiger partial charge in [0.15, 0.2) is 11.6 Å². The van der Waals surface area contributed by atoms with Crippen LogP contribution in [0, 0.1) is 5.82 Å². The molecule has 1 atom stereocenters. The van der Waals surface area contributed by atoms with Crippen LogP contribution in [0.2, 0.25) is 5.02 Å². The van der Waals surface area contributed by atoms with Gasteiger partial charge in [-0.25, -0.2) is 4.39 Å². The van der Waals surface area contributed by atoms with Gasteiger partial charge in [0.2, 0.25) is 11.8 Å². The molecular weight excluding hydrogens is 365 g/mol. The number of nitrogens with zero attached hydrogens (tertiary/aromatic N) is 2. The van der Waals surface area contributed by atoms with Crippen molar-refractivity contribution in [1.29, 1.82) is 0 Å². The van der Waals surface area contributed by atoms with E-state index in [-0.39, 0.29) is 17.3 Å². The Morgan fingerprint density at radius 1 is 1.23 bits per heavy atom. The minimum absolute atomic E-state index is 0.0157. The summed E-state index contributed by atoms with van der Waals surface area (Å²) in [6.45, 7) is -0.481. The number of hydrogen-bond acceptors (Lipinski definition) is 6. The van der Waals surface area contributed by atoms with Crippen molar-refractivity contribution in [3.8, 4) is 17.2 Å². The van der Waals surface area contributed by atoms with Gasteiger partial charge in [-0.1, -0.05) is 11.6 Å². The highest BCUT2D eigenvalue weighted by Gasteiger charge is 2.22. The summed E-state index contributed by atoms with van der Waals surface area (Å²) in [6, 6.07) is 8.84. The van der Waals surface area contributed by atoms with Crippen molar-refractivity contribution in [2.75, 3.05) is 6.61 Å². The number of phenolic OH excluding ortho intramolecular Hbond substituents is 1. The minimum Gasteiger partial charge on any atom is -0.505 e. The van der Waals surface area contributed by atoms with E-state index < -0.39 is 30.1 Å². The largest absolute Gasteiger partial charge is 0.505 e. The number of nitrogens with one attached hydrogen (secondary N) is 1. The second kappa shape index (κ2) is 7.51. The Balaban J connectivity index is 1.78. The smallest absolute Gasteiger partial charge is 0.251 e. The SMILES string of the molecule is O=C(N[C@@H](CO)c1nnc(-c2ccc(O)c(F)c2)o1)c1ccc(Cl)cc1. The predicted octanol–water partition coefficient (Wildman–Crippen LogP) is 2.70. The first-order valence-corrected chi connectivity index (χ1v) is 7.85. The normalized spacial score (nSPS) is 12.0. The van der Waals surface area contributed by atoms with Crippen molar-refractivity contribution >= 4 is 17.5 Å². The zero-order chi connectivity index (χ0) is 18.7. The molecule has 0 unspecified atom stereocenters. The lowest BCUT2D eigenvalue weighted by molar-refractivity contribution is 0.0905. The van der Waals surface area contributed by atoms with Crippen molar-refractivity contribution in [2.24, 2.45) is 0 Å². The molecule has 2 aromatic carbocycles. The lowest BCUT2D eigenvalue weighted by Crippen LogP contribution is -2.31. The highest BCUT2D eigenvalue weighted by molar-refractivity contribution is 6.30. The lowest BCUT2D eigenvalue weighted by atomic mass is 10.2. The summed E-state index contributed by atoms with van der Waals surface area (Å²) >= 11 is 5.78. The van der Waals surface area contributed by atoms with E-state index in [2.05, 4.69) is 15.5 Å². The Bertz CT molecular complexity index is 930.